The molecule has 1 aromatic carbocycles. The van der Waals surface area contributed by atoms with Crippen LogP contribution < -0.4 is 5.32 Å². The zero-order valence-electron chi connectivity index (χ0n) is 13.9. The van der Waals surface area contributed by atoms with Gasteiger partial charge in [0.05, 0.1) is 0 Å². The first-order valence-electron chi connectivity index (χ1n) is 8.91. The SMILES string of the molecule is O=C(C[C@H]1CCNC1)N(Cc1ccccc1)CC1CCOCC1. The summed E-state index contributed by atoms with van der Waals surface area (Å²) in [4.78, 5) is 14.9. The summed E-state index contributed by atoms with van der Waals surface area (Å²) in [6, 6.07) is 10.3. The minimum absolute atomic E-state index is 0.314. The van der Waals surface area contributed by atoms with Crippen LogP contribution in [0.3, 0.4) is 0 Å². The molecule has 0 radical (unpaired) electrons. The number of carbonyl (C=O) groups excluding carboxylic acids is 1. The third-order valence-corrected chi connectivity index (χ3v) is 5.01. The van der Waals surface area contributed by atoms with Gasteiger partial charge in [0.2, 0.25) is 5.91 Å². The Kier molecular flexibility index (Phi) is 6.06. The van der Waals surface area contributed by atoms with Crippen LogP contribution in [0.15, 0.2) is 30.3 Å². The summed E-state index contributed by atoms with van der Waals surface area (Å²) >= 11 is 0. The first-order valence-corrected chi connectivity index (χ1v) is 8.91. The fraction of sp³-hybridized carbons (Fsp3) is 0.632. The van der Waals surface area contributed by atoms with Crippen molar-refractivity contribution in [2.24, 2.45) is 11.8 Å². The lowest BCUT2D eigenvalue weighted by atomic mass is 9.98. The van der Waals surface area contributed by atoms with Crippen molar-refractivity contribution in [1.82, 2.24) is 10.2 Å². The molecule has 0 aliphatic carbocycles. The first kappa shape index (κ1) is 16.5. The summed E-state index contributed by atoms with van der Waals surface area (Å²) in [5.74, 6) is 1.41. The molecule has 23 heavy (non-hydrogen) atoms. The van der Waals surface area contributed by atoms with Gasteiger partial charge < -0.3 is 15.0 Å². The Bertz CT molecular complexity index is 479. The molecule has 4 nitrogen and oxygen atoms in total. The maximum Gasteiger partial charge on any atom is 0.223 e. The molecule has 1 N–H and O–H groups in total. The summed E-state index contributed by atoms with van der Waals surface area (Å²) in [6.45, 7) is 5.32. The number of carbonyl (C=O) groups is 1. The average Bonchev–Trinajstić information content (AvgIpc) is 3.09. The van der Waals surface area contributed by atoms with Crippen LogP contribution in [0, 0.1) is 11.8 Å². The molecular weight excluding hydrogens is 288 g/mol. The Morgan fingerprint density at radius 1 is 1.13 bits per heavy atom. The highest BCUT2D eigenvalue weighted by Gasteiger charge is 2.25. The summed E-state index contributed by atoms with van der Waals surface area (Å²) in [7, 11) is 0. The van der Waals surface area contributed by atoms with Gasteiger partial charge in [-0.05, 0) is 49.8 Å². The number of benzene rings is 1. The maximum atomic E-state index is 12.8. The zero-order chi connectivity index (χ0) is 15.9. The van der Waals surface area contributed by atoms with Crippen molar-refractivity contribution in [3.63, 3.8) is 0 Å². The molecular formula is C19H28N2O2. The van der Waals surface area contributed by atoms with Gasteiger partial charge in [-0.15, -0.1) is 0 Å². The highest BCUT2D eigenvalue weighted by Crippen LogP contribution is 2.20. The standard InChI is InChI=1S/C19H28N2O2/c22-19(12-18-6-9-20-13-18)21(14-16-4-2-1-3-5-16)15-17-7-10-23-11-8-17/h1-5,17-18,20H,6-15H2/t18-/m1/s1. The normalized spacial score (nSPS) is 22.2. The van der Waals surface area contributed by atoms with Crippen molar-refractivity contribution in [2.45, 2.75) is 32.2 Å². The molecule has 3 rings (SSSR count). The third-order valence-electron chi connectivity index (χ3n) is 5.01. The first-order chi connectivity index (χ1) is 11.3. The fourth-order valence-electron chi connectivity index (χ4n) is 3.56. The number of amides is 1. The molecule has 1 amide bonds. The number of hydrogen-bond donors (Lipinski definition) is 1. The van der Waals surface area contributed by atoms with Crippen LogP contribution >= 0.6 is 0 Å². The Morgan fingerprint density at radius 2 is 1.91 bits per heavy atom. The zero-order valence-corrected chi connectivity index (χ0v) is 13.9. The summed E-state index contributed by atoms with van der Waals surface area (Å²) in [5.41, 5.74) is 1.22. The molecule has 2 saturated heterocycles. The topological polar surface area (TPSA) is 41.6 Å². The second kappa shape index (κ2) is 8.46. The lowest BCUT2D eigenvalue weighted by Gasteiger charge is -2.30. The van der Waals surface area contributed by atoms with Gasteiger partial charge in [0.15, 0.2) is 0 Å². The lowest BCUT2D eigenvalue weighted by molar-refractivity contribution is -0.133. The van der Waals surface area contributed by atoms with E-state index in [0.717, 1.165) is 58.7 Å². The second-order valence-electron chi connectivity index (χ2n) is 6.88. The highest BCUT2D eigenvalue weighted by atomic mass is 16.5. The van der Waals surface area contributed by atoms with Crippen molar-refractivity contribution in [2.75, 3.05) is 32.8 Å². The Morgan fingerprint density at radius 3 is 2.61 bits per heavy atom. The van der Waals surface area contributed by atoms with Gasteiger partial charge in [0, 0.05) is 32.7 Å². The molecule has 2 fully saturated rings. The van der Waals surface area contributed by atoms with E-state index in [1.807, 2.05) is 18.2 Å². The fourth-order valence-corrected chi connectivity index (χ4v) is 3.56. The predicted octanol–water partition coefficient (Wildman–Crippen LogP) is 2.44. The van der Waals surface area contributed by atoms with Gasteiger partial charge in [-0.1, -0.05) is 30.3 Å². The van der Waals surface area contributed by atoms with Gasteiger partial charge in [-0.3, -0.25) is 4.79 Å². The van der Waals surface area contributed by atoms with E-state index in [4.69, 9.17) is 4.74 Å². The van der Waals surface area contributed by atoms with Crippen LogP contribution in [0.1, 0.15) is 31.2 Å². The molecule has 2 heterocycles. The molecule has 0 unspecified atom stereocenters. The molecule has 0 aromatic heterocycles. The van der Waals surface area contributed by atoms with Gasteiger partial charge in [-0.25, -0.2) is 0 Å². The van der Waals surface area contributed by atoms with E-state index in [2.05, 4.69) is 22.3 Å². The van der Waals surface area contributed by atoms with Gasteiger partial charge in [0.1, 0.15) is 0 Å². The van der Waals surface area contributed by atoms with E-state index in [1.165, 1.54) is 5.56 Å². The Hall–Kier alpha value is -1.39. The predicted molar refractivity (Wildman–Crippen MR) is 91.0 cm³/mol. The van der Waals surface area contributed by atoms with Gasteiger partial charge in [-0.2, -0.15) is 0 Å². The van der Waals surface area contributed by atoms with Crippen molar-refractivity contribution in [1.29, 1.82) is 0 Å². The molecule has 2 aliphatic rings. The van der Waals surface area contributed by atoms with E-state index in [1.54, 1.807) is 0 Å². The average molecular weight is 316 g/mol. The summed E-state index contributed by atoms with van der Waals surface area (Å²) in [6.07, 6.45) is 3.96. The van der Waals surface area contributed by atoms with Crippen LogP contribution in [0.5, 0.6) is 0 Å². The number of nitrogens with one attached hydrogen (secondary N) is 1. The second-order valence-corrected chi connectivity index (χ2v) is 6.88. The molecule has 4 heteroatoms. The van der Waals surface area contributed by atoms with Gasteiger partial charge >= 0.3 is 0 Å². The molecule has 0 bridgehead atoms. The molecule has 2 aliphatic heterocycles. The van der Waals surface area contributed by atoms with Crippen molar-refractivity contribution in [3.05, 3.63) is 35.9 Å². The third kappa shape index (κ3) is 5.05. The molecule has 1 aromatic rings. The van der Waals surface area contributed by atoms with E-state index < -0.39 is 0 Å². The Labute approximate surface area is 139 Å². The molecule has 126 valence electrons. The lowest BCUT2D eigenvalue weighted by Crippen LogP contribution is -2.37. The van der Waals surface area contributed by atoms with Crippen molar-refractivity contribution >= 4 is 5.91 Å². The largest absolute Gasteiger partial charge is 0.381 e. The minimum atomic E-state index is 0.314. The van der Waals surface area contributed by atoms with Crippen LogP contribution in [0.25, 0.3) is 0 Å². The molecule has 1 atom stereocenters. The van der Waals surface area contributed by atoms with Crippen LogP contribution in [-0.4, -0.2) is 43.7 Å². The van der Waals surface area contributed by atoms with Crippen LogP contribution in [-0.2, 0) is 16.1 Å². The smallest absolute Gasteiger partial charge is 0.223 e. The number of ether oxygens (including phenoxy) is 1. The van der Waals surface area contributed by atoms with Crippen molar-refractivity contribution < 1.29 is 9.53 Å². The van der Waals surface area contributed by atoms with E-state index >= 15 is 0 Å². The quantitative estimate of drug-likeness (QED) is 0.876. The highest BCUT2D eigenvalue weighted by molar-refractivity contribution is 5.76. The summed E-state index contributed by atoms with van der Waals surface area (Å²) < 4.78 is 5.46. The number of hydrogen-bond acceptors (Lipinski definition) is 3. The number of nitrogens with zero attached hydrogens (tertiary/aromatic N) is 1. The number of rotatable bonds is 6. The maximum absolute atomic E-state index is 12.8. The van der Waals surface area contributed by atoms with Crippen molar-refractivity contribution in [3.8, 4) is 0 Å². The Balaban J connectivity index is 1.62. The summed E-state index contributed by atoms with van der Waals surface area (Å²) in [5, 5.41) is 3.36. The van der Waals surface area contributed by atoms with E-state index in [-0.39, 0.29) is 0 Å². The minimum Gasteiger partial charge on any atom is -0.381 e. The monoisotopic (exact) mass is 316 g/mol. The van der Waals surface area contributed by atoms with Gasteiger partial charge in [0.25, 0.3) is 0 Å². The van der Waals surface area contributed by atoms with Crippen LogP contribution in [0.2, 0.25) is 0 Å². The van der Waals surface area contributed by atoms with E-state index in [9.17, 15) is 4.79 Å². The molecule has 0 spiro atoms. The van der Waals surface area contributed by atoms with E-state index in [0.29, 0.717) is 24.2 Å². The molecule has 0 saturated carbocycles. The van der Waals surface area contributed by atoms with Crippen LogP contribution in [0.4, 0.5) is 0 Å².